The van der Waals surface area contributed by atoms with E-state index in [1.807, 2.05) is 0 Å². The standard InChI is InChI=1S/C87H72N2/c1-4-7-22-63-33-39-66(40-34-63)45-48-69-51-57-74(58-52-69)81-79(72-25-14-10-15-26-72)84(77-29-18-12-19-30-77)88-86(81)83(76-61-55-71(56-62-76)50-47-68-43-37-65(38-44-68)24-9-6-3)87-82(80(73-27-16-11-17-28-73)85(89-87)78-31-20-13-21-32-78)75-59-53-70(54-60-75)49-46-67-41-35-64(36-42-67)23-8-5-2/h10-21,25-44,51-62,88H,4-9,22-24H2,1-3H3/b87-83-. The largest absolute Gasteiger partial charge is 0.353 e. The van der Waals surface area contributed by atoms with Gasteiger partial charge >= 0.3 is 0 Å². The molecular weight excluding hydrogens is 1070 g/mol. The number of H-pyrrole nitrogens is 1. The molecule has 2 heterocycles. The number of aromatic nitrogens is 1. The second-order valence-electron chi connectivity index (χ2n) is 22.9. The summed E-state index contributed by atoms with van der Waals surface area (Å²) < 4.78 is 0. The monoisotopic (exact) mass is 1140 g/mol. The van der Waals surface area contributed by atoms with E-state index in [1.165, 1.54) is 55.2 Å². The number of rotatable bonds is 17. The minimum absolute atomic E-state index is 0.844. The number of nitrogens with zero attached hydrogens (tertiary/aromatic N) is 1. The molecule has 89 heavy (non-hydrogen) atoms. The number of aliphatic imine (C=N–C) groups is 1. The first-order valence-corrected chi connectivity index (χ1v) is 31.7. The molecule has 0 saturated carbocycles. The molecule has 0 bridgehead atoms. The van der Waals surface area contributed by atoms with E-state index in [9.17, 15) is 0 Å². The quantitative estimate of drug-likeness (QED) is 0.0881. The molecule has 0 aliphatic carbocycles. The predicted octanol–water partition coefficient (Wildman–Crippen LogP) is 21.1. The van der Waals surface area contributed by atoms with Gasteiger partial charge in [0.2, 0.25) is 0 Å². The maximum absolute atomic E-state index is 6.01. The second kappa shape index (κ2) is 28.7. The summed E-state index contributed by atoms with van der Waals surface area (Å²) in [4.78, 5) is 10.2. The SMILES string of the molecule is CCCCc1ccc(C#Cc2ccc(C3=C(c4ccccc4)C(c4ccccc4)=N/C3=C(/c3ccc(C#Cc4ccc(CCCC)cc4)cc3)c3[nH]c(-c4ccccc4)c(-c4ccccc4)c3-c3ccc(C#Cc4ccc(CCCC)cc4)cc3)cc2)cc1. The van der Waals surface area contributed by atoms with Crippen molar-refractivity contribution in [3.63, 3.8) is 0 Å². The van der Waals surface area contributed by atoms with Gasteiger partial charge < -0.3 is 4.98 Å². The summed E-state index contributed by atoms with van der Waals surface area (Å²) in [5.41, 5.74) is 26.0. The van der Waals surface area contributed by atoms with E-state index in [2.05, 4.69) is 328 Å². The average Bonchev–Trinajstić information content (AvgIpc) is 2.02. The first-order chi connectivity index (χ1) is 44.0. The maximum atomic E-state index is 6.01. The second-order valence-corrected chi connectivity index (χ2v) is 22.9. The lowest BCUT2D eigenvalue weighted by Gasteiger charge is -2.17. The van der Waals surface area contributed by atoms with Crippen LogP contribution >= 0.6 is 0 Å². The molecule has 10 aromatic carbocycles. The van der Waals surface area contributed by atoms with Gasteiger partial charge in [-0.05, 0) is 161 Å². The summed E-state index contributed by atoms with van der Waals surface area (Å²) in [6.07, 6.45) is 10.3. The van der Waals surface area contributed by atoms with Crippen LogP contribution in [0.1, 0.15) is 137 Å². The van der Waals surface area contributed by atoms with Crippen molar-refractivity contribution in [1.29, 1.82) is 0 Å². The van der Waals surface area contributed by atoms with E-state index in [4.69, 9.17) is 4.99 Å². The lowest BCUT2D eigenvalue weighted by molar-refractivity contribution is 0.795. The number of unbranched alkanes of at least 4 members (excludes halogenated alkanes) is 3. The van der Waals surface area contributed by atoms with Crippen LogP contribution in [0.4, 0.5) is 0 Å². The molecule has 0 amide bonds. The van der Waals surface area contributed by atoms with E-state index >= 15 is 0 Å². The summed E-state index contributed by atoms with van der Waals surface area (Å²) in [6.45, 7) is 6.71. The van der Waals surface area contributed by atoms with Crippen LogP contribution in [0.25, 0.3) is 50.2 Å². The van der Waals surface area contributed by atoms with Gasteiger partial charge in [0.15, 0.2) is 0 Å². The highest BCUT2D eigenvalue weighted by Crippen LogP contribution is 2.51. The number of benzene rings is 10. The third-order valence-corrected chi connectivity index (χ3v) is 16.6. The molecule has 12 rings (SSSR count). The molecule has 0 unspecified atom stereocenters. The van der Waals surface area contributed by atoms with Crippen LogP contribution in [0.5, 0.6) is 0 Å². The number of nitrogens with one attached hydrogen (secondary N) is 1. The van der Waals surface area contributed by atoms with E-state index < -0.39 is 0 Å². The first-order valence-electron chi connectivity index (χ1n) is 31.7. The number of hydrogen-bond acceptors (Lipinski definition) is 1. The van der Waals surface area contributed by atoms with Crippen molar-refractivity contribution < 1.29 is 0 Å². The third-order valence-electron chi connectivity index (χ3n) is 16.6. The Balaban J connectivity index is 1.10. The minimum atomic E-state index is 0.844. The highest BCUT2D eigenvalue weighted by Gasteiger charge is 2.33. The van der Waals surface area contributed by atoms with E-state index in [0.29, 0.717) is 0 Å². The fourth-order valence-electron chi connectivity index (χ4n) is 11.7. The minimum Gasteiger partial charge on any atom is -0.353 e. The Labute approximate surface area is 527 Å². The van der Waals surface area contributed by atoms with Crippen LogP contribution in [-0.4, -0.2) is 10.7 Å². The van der Waals surface area contributed by atoms with Crippen LogP contribution in [0.2, 0.25) is 0 Å². The lowest BCUT2D eigenvalue weighted by atomic mass is 9.85. The van der Waals surface area contributed by atoms with E-state index in [-0.39, 0.29) is 0 Å². The number of allylic oxidation sites excluding steroid dienone is 2. The van der Waals surface area contributed by atoms with Crippen LogP contribution in [0.3, 0.4) is 0 Å². The number of hydrogen-bond donors (Lipinski definition) is 1. The third kappa shape index (κ3) is 14.1. The molecule has 1 aliphatic rings. The van der Waals surface area contributed by atoms with Gasteiger partial charge in [0.05, 0.1) is 22.8 Å². The number of aryl methyl sites for hydroxylation is 3. The van der Waals surface area contributed by atoms with Crippen LogP contribution in [-0.2, 0) is 19.3 Å². The fraction of sp³-hybridized carbons (Fsp3) is 0.138. The van der Waals surface area contributed by atoms with Gasteiger partial charge in [-0.2, -0.15) is 0 Å². The Morgan fingerprint density at radius 2 is 0.640 bits per heavy atom. The normalized spacial score (nSPS) is 12.3. The summed E-state index contributed by atoms with van der Waals surface area (Å²) >= 11 is 0. The predicted molar refractivity (Wildman–Crippen MR) is 375 cm³/mol. The van der Waals surface area contributed by atoms with Crippen LogP contribution in [0.15, 0.2) is 278 Å². The number of aromatic amines is 1. The highest BCUT2D eigenvalue weighted by atomic mass is 14.8. The van der Waals surface area contributed by atoms with E-state index in [0.717, 1.165) is 142 Å². The molecule has 11 aromatic rings. The molecule has 0 spiro atoms. The summed E-state index contributed by atoms with van der Waals surface area (Å²) in [7, 11) is 0. The molecule has 0 fully saturated rings. The zero-order valence-electron chi connectivity index (χ0n) is 51.2. The van der Waals surface area contributed by atoms with Crippen molar-refractivity contribution in [2.24, 2.45) is 4.99 Å². The van der Waals surface area contributed by atoms with Crippen molar-refractivity contribution >= 4 is 22.4 Å². The fourth-order valence-corrected chi connectivity index (χ4v) is 11.7. The Hall–Kier alpha value is -10.7. The van der Waals surface area contributed by atoms with Gasteiger partial charge in [0, 0.05) is 66.8 Å². The summed E-state index contributed by atoms with van der Waals surface area (Å²) in [5, 5.41) is 0. The zero-order chi connectivity index (χ0) is 60.6. The lowest BCUT2D eigenvalue weighted by Crippen LogP contribution is -2.02. The molecule has 1 aliphatic heterocycles. The Morgan fingerprint density at radius 3 is 1.04 bits per heavy atom. The molecule has 2 heteroatoms. The van der Waals surface area contributed by atoms with Gasteiger partial charge in [0.1, 0.15) is 0 Å². The maximum Gasteiger partial charge on any atom is 0.0822 e. The van der Waals surface area contributed by atoms with E-state index in [1.54, 1.807) is 0 Å². The molecular formula is C87H72N2. The summed E-state index contributed by atoms with van der Waals surface area (Å²) in [6, 6.07) is 95.5. The van der Waals surface area contributed by atoms with Gasteiger partial charge in [0.25, 0.3) is 0 Å². The molecule has 0 saturated heterocycles. The van der Waals surface area contributed by atoms with Crippen LogP contribution < -0.4 is 0 Å². The molecule has 1 aromatic heterocycles. The Bertz CT molecular complexity index is 4490. The molecule has 0 radical (unpaired) electrons. The zero-order valence-corrected chi connectivity index (χ0v) is 51.2. The van der Waals surface area contributed by atoms with Crippen molar-refractivity contribution in [3.8, 4) is 69.0 Å². The van der Waals surface area contributed by atoms with Gasteiger partial charge in [-0.1, -0.05) is 270 Å². The molecule has 1 N–H and O–H groups in total. The average molecular weight is 1150 g/mol. The highest BCUT2D eigenvalue weighted by molar-refractivity contribution is 6.42. The molecule has 2 nitrogen and oxygen atoms in total. The van der Waals surface area contributed by atoms with Gasteiger partial charge in [-0.15, -0.1) is 0 Å². The van der Waals surface area contributed by atoms with Crippen LogP contribution in [0, 0.1) is 35.5 Å². The van der Waals surface area contributed by atoms with Crippen molar-refractivity contribution in [3.05, 3.63) is 351 Å². The first kappa shape index (κ1) is 58.7. The van der Waals surface area contributed by atoms with Crippen molar-refractivity contribution in [2.45, 2.75) is 78.6 Å². The Morgan fingerprint density at radius 1 is 0.315 bits per heavy atom. The summed E-state index contributed by atoms with van der Waals surface area (Å²) in [5.74, 6) is 20.9. The topological polar surface area (TPSA) is 28.1 Å². The smallest absolute Gasteiger partial charge is 0.0822 e. The molecule has 0 atom stereocenters. The van der Waals surface area contributed by atoms with Gasteiger partial charge in [-0.3, -0.25) is 0 Å². The Kier molecular flexibility index (Phi) is 18.9. The van der Waals surface area contributed by atoms with Crippen molar-refractivity contribution in [1.82, 2.24) is 4.98 Å². The van der Waals surface area contributed by atoms with Crippen molar-refractivity contribution in [2.75, 3.05) is 0 Å². The molecule has 430 valence electrons. The van der Waals surface area contributed by atoms with Gasteiger partial charge in [-0.25, -0.2) is 4.99 Å².